The van der Waals surface area contributed by atoms with Crippen molar-refractivity contribution in [3.63, 3.8) is 0 Å². The molecule has 10 aromatic carbocycles. The van der Waals surface area contributed by atoms with E-state index in [2.05, 4.69) is 239 Å². The lowest BCUT2D eigenvalue weighted by atomic mass is 9.80. The summed E-state index contributed by atoms with van der Waals surface area (Å²) in [5.41, 5.74) is 21.6. The first-order valence-electron chi connectivity index (χ1n) is 22.2. The van der Waals surface area contributed by atoms with Gasteiger partial charge in [-0.2, -0.15) is 0 Å². The molecule has 14 rings (SSSR count). The lowest BCUT2D eigenvalue weighted by Gasteiger charge is -2.26. The van der Waals surface area contributed by atoms with E-state index in [9.17, 15) is 0 Å². The van der Waals surface area contributed by atoms with E-state index in [0.717, 1.165) is 22.6 Å². The molecule has 3 heterocycles. The van der Waals surface area contributed by atoms with Crippen LogP contribution in [-0.4, -0.2) is 13.7 Å². The third-order valence-electron chi connectivity index (χ3n) is 13.9. The molecule has 0 aliphatic heterocycles. The summed E-state index contributed by atoms with van der Waals surface area (Å²) >= 11 is 0. The van der Waals surface area contributed by atoms with Crippen molar-refractivity contribution in [2.24, 2.45) is 0 Å². The number of rotatable bonds is 3. The number of aromatic nitrogens is 3. The molecule has 64 heavy (non-hydrogen) atoms. The minimum absolute atomic E-state index is 1.12. The summed E-state index contributed by atoms with van der Waals surface area (Å²) in [5.74, 6) is 0. The molecular weight excluding hydrogens is 775 g/mol. The Hall–Kier alpha value is -8.40. The molecule has 3 heteroatoms. The number of hydrogen-bond donors (Lipinski definition) is 0. The molecule has 298 valence electrons. The Bertz CT molecular complexity index is 4040. The van der Waals surface area contributed by atoms with Gasteiger partial charge in [0, 0.05) is 38.0 Å². The Morgan fingerprint density at radius 3 is 0.984 bits per heavy atom. The fraction of sp³-hybridized carbons (Fsp3) is 0.0164. The Morgan fingerprint density at radius 2 is 0.547 bits per heavy atom. The van der Waals surface area contributed by atoms with Gasteiger partial charge in [0.25, 0.3) is 0 Å². The van der Waals surface area contributed by atoms with Gasteiger partial charge in [-0.05, 0) is 118 Å². The first kappa shape index (κ1) is 35.2. The second-order valence-corrected chi connectivity index (χ2v) is 17.3. The van der Waals surface area contributed by atoms with E-state index in [1.54, 1.807) is 0 Å². The monoisotopic (exact) mass is 813 g/mol. The molecule has 3 aromatic heterocycles. The number of fused-ring (bicyclic) bond motifs is 17. The van der Waals surface area contributed by atoms with E-state index in [-0.39, 0.29) is 0 Å². The predicted molar refractivity (Wildman–Crippen MR) is 269 cm³/mol. The second kappa shape index (κ2) is 13.3. The highest BCUT2D eigenvalue weighted by Gasteiger charge is 2.27. The largest absolute Gasteiger partial charge is 0.309 e. The topological polar surface area (TPSA) is 14.8 Å². The maximum absolute atomic E-state index is 2.53. The quantitative estimate of drug-likeness (QED) is 0.169. The summed E-state index contributed by atoms with van der Waals surface area (Å²) in [6.45, 7) is 2.19. The van der Waals surface area contributed by atoms with Gasteiger partial charge in [-0.3, -0.25) is 0 Å². The Balaban J connectivity index is 1.14. The molecule has 0 unspecified atom stereocenters. The van der Waals surface area contributed by atoms with Gasteiger partial charge in [-0.1, -0.05) is 157 Å². The standard InChI is InChI=1S/C61H39N3/c1-38-30-32-58-52(34-38)48-24-10-14-28-56(48)63(58)60-36-50-44-20-6-4-18-42(44)40-16-2-3-17-41(40)43-19-5-7-21-45(43)51(50)37-61(60)64-57-29-15-11-25-49(57)53-35-39(31-33-59(53)64)62-54-26-12-8-22-46(54)47-23-9-13-27-55(47)62/h2-37H,1H3. The minimum atomic E-state index is 1.12. The number of aryl methyl sites for hydroxylation is 1. The zero-order valence-corrected chi connectivity index (χ0v) is 35.1. The first-order valence-corrected chi connectivity index (χ1v) is 22.2. The number of benzene rings is 10. The SMILES string of the molecule is Cc1ccc2c(c1)c1ccccc1n2-c1cc2c(cc1-n1c3ccccc3c3cc(-n4c5ccccc5c5ccccc54)ccc31)-c1ccccc1-c1ccccc1-c1ccccc1-2. The summed E-state index contributed by atoms with van der Waals surface area (Å²) in [5, 5.41) is 7.46. The van der Waals surface area contributed by atoms with Gasteiger partial charge in [0.1, 0.15) is 0 Å². The Labute approximate surface area is 369 Å². The van der Waals surface area contributed by atoms with E-state index < -0.39 is 0 Å². The van der Waals surface area contributed by atoms with Gasteiger partial charge in [-0.15, -0.1) is 0 Å². The maximum Gasteiger partial charge on any atom is 0.0709 e. The van der Waals surface area contributed by atoms with Crippen molar-refractivity contribution >= 4 is 65.4 Å². The molecule has 0 radical (unpaired) electrons. The van der Waals surface area contributed by atoms with E-state index >= 15 is 0 Å². The van der Waals surface area contributed by atoms with E-state index in [4.69, 9.17) is 0 Å². The summed E-state index contributed by atoms with van der Waals surface area (Å²) < 4.78 is 7.49. The average molecular weight is 814 g/mol. The van der Waals surface area contributed by atoms with Crippen molar-refractivity contribution in [1.29, 1.82) is 0 Å². The number of nitrogens with zero attached hydrogens (tertiary/aromatic N) is 3. The van der Waals surface area contributed by atoms with Crippen LogP contribution in [0.3, 0.4) is 0 Å². The highest BCUT2D eigenvalue weighted by Crippen LogP contribution is 2.50. The van der Waals surface area contributed by atoms with Crippen LogP contribution in [0.1, 0.15) is 5.56 Å². The van der Waals surface area contributed by atoms with Crippen LogP contribution in [0.4, 0.5) is 0 Å². The molecule has 0 N–H and O–H groups in total. The molecule has 0 saturated carbocycles. The highest BCUT2D eigenvalue weighted by molar-refractivity contribution is 6.14. The van der Waals surface area contributed by atoms with Crippen molar-refractivity contribution in [2.45, 2.75) is 6.92 Å². The number of hydrogen-bond acceptors (Lipinski definition) is 0. The normalized spacial score (nSPS) is 12.1. The zero-order valence-electron chi connectivity index (χ0n) is 35.1. The van der Waals surface area contributed by atoms with Gasteiger partial charge in [0.05, 0.1) is 44.5 Å². The molecule has 13 aromatic rings. The molecular formula is C61H39N3. The smallest absolute Gasteiger partial charge is 0.0709 e. The van der Waals surface area contributed by atoms with Gasteiger partial charge in [0.2, 0.25) is 0 Å². The Kier molecular flexibility index (Phi) is 7.32. The lowest BCUT2D eigenvalue weighted by molar-refractivity contribution is 1.09. The summed E-state index contributed by atoms with van der Waals surface area (Å²) in [6, 6.07) is 81.3. The van der Waals surface area contributed by atoms with E-state index in [0.29, 0.717) is 0 Å². The van der Waals surface area contributed by atoms with Crippen LogP contribution < -0.4 is 0 Å². The molecule has 3 nitrogen and oxygen atoms in total. The van der Waals surface area contributed by atoms with Crippen molar-refractivity contribution in [2.75, 3.05) is 0 Å². The minimum Gasteiger partial charge on any atom is -0.309 e. The molecule has 0 amide bonds. The van der Waals surface area contributed by atoms with Crippen LogP contribution >= 0.6 is 0 Å². The van der Waals surface area contributed by atoms with Gasteiger partial charge >= 0.3 is 0 Å². The summed E-state index contributed by atoms with van der Waals surface area (Å²) in [4.78, 5) is 0. The third-order valence-corrected chi connectivity index (χ3v) is 13.9. The van der Waals surface area contributed by atoms with Crippen LogP contribution in [0.25, 0.3) is 127 Å². The van der Waals surface area contributed by atoms with Crippen LogP contribution in [0, 0.1) is 6.92 Å². The van der Waals surface area contributed by atoms with E-state index in [1.165, 1.54) is 110 Å². The van der Waals surface area contributed by atoms with Crippen molar-refractivity contribution in [3.05, 3.63) is 224 Å². The van der Waals surface area contributed by atoms with Crippen LogP contribution in [0.2, 0.25) is 0 Å². The zero-order chi connectivity index (χ0) is 42.0. The lowest BCUT2D eigenvalue weighted by Crippen LogP contribution is -2.06. The Morgan fingerprint density at radius 1 is 0.234 bits per heavy atom. The summed E-state index contributed by atoms with van der Waals surface area (Å²) in [7, 11) is 0. The molecule has 0 bridgehead atoms. The number of para-hydroxylation sites is 4. The molecule has 0 saturated heterocycles. The highest BCUT2D eigenvalue weighted by atomic mass is 15.1. The molecule has 0 fully saturated rings. The first-order chi connectivity index (χ1) is 31.7. The van der Waals surface area contributed by atoms with Gasteiger partial charge in [0.15, 0.2) is 0 Å². The molecule has 1 aliphatic carbocycles. The fourth-order valence-electron chi connectivity index (χ4n) is 11.1. The maximum atomic E-state index is 2.53. The van der Waals surface area contributed by atoms with Crippen LogP contribution in [0.15, 0.2) is 218 Å². The second-order valence-electron chi connectivity index (χ2n) is 17.3. The van der Waals surface area contributed by atoms with E-state index in [1.807, 2.05) is 0 Å². The van der Waals surface area contributed by atoms with Crippen molar-refractivity contribution in [3.8, 4) is 61.6 Å². The summed E-state index contributed by atoms with van der Waals surface area (Å²) in [6.07, 6.45) is 0. The van der Waals surface area contributed by atoms with Crippen LogP contribution in [0.5, 0.6) is 0 Å². The van der Waals surface area contributed by atoms with Crippen LogP contribution in [-0.2, 0) is 0 Å². The predicted octanol–water partition coefficient (Wildman–Crippen LogP) is 16.3. The molecule has 0 spiro atoms. The molecule has 1 aliphatic rings. The van der Waals surface area contributed by atoms with Gasteiger partial charge in [-0.25, -0.2) is 0 Å². The van der Waals surface area contributed by atoms with Crippen molar-refractivity contribution < 1.29 is 0 Å². The third kappa shape index (κ3) is 4.86. The fourth-order valence-corrected chi connectivity index (χ4v) is 11.1. The van der Waals surface area contributed by atoms with Gasteiger partial charge < -0.3 is 13.7 Å². The molecule has 0 atom stereocenters. The van der Waals surface area contributed by atoms with Crippen molar-refractivity contribution in [1.82, 2.24) is 13.7 Å². The average Bonchev–Trinajstić information content (AvgIpc) is 3.98.